The number of halogens is 3. The van der Waals surface area contributed by atoms with Crippen LogP contribution in [0.3, 0.4) is 0 Å². The molecule has 0 unspecified atom stereocenters. The molecule has 1 aromatic rings. The van der Waals surface area contributed by atoms with E-state index in [1.807, 2.05) is 37.3 Å². The number of ether oxygens (including phenoxy) is 2. The lowest BCUT2D eigenvalue weighted by molar-refractivity contribution is 0.112. The van der Waals surface area contributed by atoms with E-state index in [-0.39, 0.29) is 5.90 Å². The number of hydrogen-bond donors (Lipinski definition) is 1. The molecule has 0 aliphatic rings. The molecule has 124 valence electrons. The van der Waals surface area contributed by atoms with Crippen LogP contribution in [0.4, 0.5) is 5.69 Å². The van der Waals surface area contributed by atoms with E-state index in [9.17, 15) is 0 Å². The fourth-order valence-electron chi connectivity index (χ4n) is 1.09. The molecule has 0 radical (unpaired) electrons. The average molecular weight is 368 g/mol. The minimum atomic E-state index is -1.76. The highest BCUT2D eigenvalue weighted by molar-refractivity contribution is 6.76. The standard InChI is InChI=1S/C9H11NO.C6H10Cl3NO/c1-8(11-2)10-9-6-4-3-5-7-9;1-5(2,3)11-4(10)6(7,8)9/h3-7H,1-2H3;10H,1-3H3. The molecule has 0 fully saturated rings. The van der Waals surface area contributed by atoms with E-state index in [2.05, 4.69) is 4.99 Å². The van der Waals surface area contributed by atoms with Gasteiger partial charge < -0.3 is 9.47 Å². The molecule has 7 heteroatoms. The highest BCUT2D eigenvalue weighted by atomic mass is 35.6. The third-order valence-corrected chi connectivity index (χ3v) is 2.52. The molecule has 0 bridgehead atoms. The van der Waals surface area contributed by atoms with Crippen LogP contribution in [0.25, 0.3) is 0 Å². The lowest BCUT2D eigenvalue weighted by Crippen LogP contribution is -2.31. The Morgan fingerprint density at radius 1 is 1.09 bits per heavy atom. The largest absolute Gasteiger partial charge is 0.484 e. The number of nitrogens with zero attached hydrogens (tertiary/aromatic N) is 1. The fraction of sp³-hybridized carbons (Fsp3) is 0.467. The summed E-state index contributed by atoms with van der Waals surface area (Å²) in [5.74, 6) is 0.325. The van der Waals surface area contributed by atoms with Crippen molar-refractivity contribution in [3.05, 3.63) is 30.3 Å². The molecule has 22 heavy (non-hydrogen) atoms. The molecule has 0 spiro atoms. The summed E-state index contributed by atoms with van der Waals surface area (Å²) in [6.07, 6.45) is 0. The maximum absolute atomic E-state index is 7.18. The summed E-state index contributed by atoms with van der Waals surface area (Å²) in [6.45, 7) is 7.15. The van der Waals surface area contributed by atoms with Crippen LogP contribution in [0.5, 0.6) is 0 Å². The smallest absolute Gasteiger partial charge is 0.265 e. The van der Waals surface area contributed by atoms with Crippen LogP contribution in [-0.4, -0.2) is 28.3 Å². The zero-order chi connectivity index (χ0) is 17.4. The zero-order valence-electron chi connectivity index (χ0n) is 13.3. The minimum Gasteiger partial charge on any atom is -0.484 e. The van der Waals surface area contributed by atoms with Crippen molar-refractivity contribution in [2.75, 3.05) is 7.11 Å². The van der Waals surface area contributed by atoms with Gasteiger partial charge in [-0.2, -0.15) is 0 Å². The van der Waals surface area contributed by atoms with Gasteiger partial charge >= 0.3 is 0 Å². The van der Waals surface area contributed by atoms with Gasteiger partial charge in [-0.3, -0.25) is 5.41 Å². The summed E-state index contributed by atoms with van der Waals surface area (Å²) in [7, 11) is 1.61. The van der Waals surface area contributed by atoms with E-state index in [0.717, 1.165) is 5.69 Å². The maximum atomic E-state index is 7.18. The Labute approximate surface area is 146 Å². The van der Waals surface area contributed by atoms with Gasteiger partial charge in [0.25, 0.3) is 3.79 Å². The highest BCUT2D eigenvalue weighted by Crippen LogP contribution is 2.29. The molecule has 0 saturated carbocycles. The summed E-state index contributed by atoms with van der Waals surface area (Å²) in [5, 5.41) is 7.18. The van der Waals surface area contributed by atoms with Crippen LogP contribution in [0, 0.1) is 5.41 Å². The first-order valence-electron chi connectivity index (χ1n) is 6.45. The predicted molar refractivity (Wildman–Crippen MR) is 95.1 cm³/mol. The van der Waals surface area contributed by atoms with Gasteiger partial charge in [-0.15, -0.1) is 0 Å². The lowest BCUT2D eigenvalue weighted by atomic mass is 10.2. The first-order valence-corrected chi connectivity index (χ1v) is 7.58. The van der Waals surface area contributed by atoms with Crippen LogP contribution in [0.1, 0.15) is 27.7 Å². The van der Waals surface area contributed by atoms with E-state index >= 15 is 0 Å². The summed E-state index contributed by atoms with van der Waals surface area (Å²) >= 11 is 16.1. The number of aliphatic imine (C=N–C) groups is 1. The second kappa shape index (κ2) is 9.23. The molecule has 4 nitrogen and oxygen atoms in total. The van der Waals surface area contributed by atoms with Crippen molar-refractivity contribution in [3.63, 3.8) is 0 Å². The van der Waals surface area contributed by atoms with Gasteiger partial charge in [0, 0.05) is 6.92 Å². The van der Waals surface area contributed by atoms with Crippen molar-refractivity contribution in [2.45, 2.75) is 37.1 Å². The number of hydrogen-bond acceptors (Lipinski definition) is 4. The van der Waals surface area contributed by atoms with E-state index in [0.29, 0.717) is 5.90 Å². The van der Waals surface area contributed by atoms with E-state index in [1.54, 1.807) is 27.9 Å². The number of alkyl halides is 3. The Hall–Kier alpha value is -0.970. The van der Waals surface area contributed by atoms with Crippen molar-refractivity contribution in [2.24, 2.45) is 4.99 Å². The monoisotopic (exact) mass is 366 g/mol. The SMILES string of the molecule is CC(C)(C)OC(=N)C(Cl)(Cl)Cl.COC(C)=Nc1ccccc1. The molecule has 1 N–H and O–H groups in total. The summed E-state index contributed by atoms with van der Waals surface area (Å²) in [4.78, 5) is 4.17. The topological polar surface area (TPSA) is 54.7 Å². The Kier molecular flexibility index (Phi) is 8.83. The second-order valence-corrected chi connectivity index (χ2v) is 7.49. The number of nitrogens with one attached hydrogen (secondary N) is 1. The van der Waals surface area contributed by atoms with Gasteiger partial charge in [0.2, 0.25) is 5.90 Å². The van der Waals surface area contributed by atoms with Crippen LogP contribution in [-0.2, 0) is 9.47 Å². The zero-order valence-corrected chi connectivity index (χ0v) is 15.6. The molecule has 0 saturated heterocycles. The number of methoxy groups -OCH3 is 1. The van der Waals surface area contributed by atoms with Gasteiger partial charge in [0.05, 0.1) is 12.8 Å². The van der Waals surface area contributed by atoms with E-state index in [1.165, 1.54) is 0 Å². The van der Waals surface area contributed by atoms with E-state index in [4.69, 9.17) is 49.7 Å². The first kappa shape index (κ1) is 21.0. The highest BCUT2D eigenvalue weighted by Gasteiger charge is 2.31. The van der Waals surface area contributed by atoms with Crippen LogP contribution >= 0.6 is 34.8 Å². The summed E-state index contributed by atoms with van der Waals surface area (Å²) in [6, 6.07) is 9.72. The molecule has 0 aliphatic heterocycles. The Morgan fingerprint density at radius 3 is 1.91 bits per heavy atom. The number of benzene rings is 1. The molecule has 0 aliphatic carbocycles. The molecule has 1 rings (SSSR count). The fourth-order valence-corrected chi connectivity index (χ4v) is 1.21. The average Bonchev–Trinajstić information content (AvgIpc) is 2.37. The Balaban J connectivity index is 0.000000401. The van der Waals surface area contributed by atoms with Crippen LogP contribution in [0.2, 0.25) is 0 Å². The van der Waals surface area contributed by atoms with Crippen LogP contribution < -0.4 is 0 Å². The lowest BCUT2D eigenvalue weighted by Gasteiger charge is -2.24. The van der Waals surface area contributed by atoms with Gasteiger partial charge in [0.1, 0.15) is 5.60 Å². The molecular weight excluding hydrogens is 347 g/mol. The van der Waals surface area contributed by atoms with Crippen molar-refractivity contribution in [3.8, 4) is 0 Å². The van der Waals surface area contributed by atoms with Crippen molar-refractivity contribution in [1.29, 1.82) is 5.41 Å². The van der Waals surface area contributed by atoms with Crippen LogP contribution in [0.15, 0.2) is 35.3 Å². The maximum Gasteiger partial charge on any atom is 0.265 e. The third kappa shape index (κ3) is 10.7. The van der Waals surface area contributed by atoms with Crippen molar-refractivity contribution in [1.82, 2.24) is 0 Å². The van der Waals surface area contributed by atoms with Gasteiger partial charge in [0.15, 0.2) is 5.90 Å². The predicted octanol–water partition coefficient (Wildman–Crippen LogP) is 5.53. The van der Waals surface area contributed by atoms with Gasteiger partial charge in [-0.25, -0.2) is 4.99 Å². The number of rotatable bonds is 1. The normalized spacial score (nSPS) is 12.1. The summed E-state index contributed by atoms with van der Waals surface area (Å²) in [5.41, 5.74) is 0.424. The van der Waals surface area contributed by atoms with E-state index < -0.39 is 9.39 Å². The van der Waals surface area contributed by atoms with Crippen molar-refractivity contribution >= 4 is 52.3 Å². The molecule has 0 amide bonds. The van der Waals surface area contributed by atoms with Gasteiger partial charge in [-0.05, 0) is 32.9 Å². The second-order valence-electron chi connectivity index (χ2n) is 5.21. The molecular formula is C15H21Cl3N2O2. The van der Waals surface area contributed by atoms with Crippen molar-refractivity contribution < 1.29 is 9.47 Å². The minimum absolute atomic E-state index is 0.352. The quantitative estimate of drug-likeness (QED) is 0.403. The summed E-state index contributed by atoms with van der Waals surface area (Å²) < 4.78 is 8.14. The van der Waals surface area contributed by atoms with Gasteiger partial charge in [-0.1, -0.05) is 53.0 Å². The molecule has 0 aromatic heterocycles. The molecule has 0 heterocycles. The third-order valence-electron chi connectivity index (χ3n) is 2.00. The molecule has 1 aromatic carbocycles. The number of para-hydroxylation sites is 1. The Morgan fingerprint density at radius 2 is 1.59 bits per heavy atom. The first-order chi connectivity index (χ1) is 9.95. The molecule has 0 atom stereocenters. The Bertz CT molecular complexity index is 492.